The summed E-state index contributed by atoms with van der Waals surface area (Å²) in [5.41, 5.74) is 0. The van der Waals surface area contributed by atoms with Crippen molar-refractivity contribution in [1.82, 2.24) is 5.32 Å². The van der Waals surface area contributed by atoms with Gasteiger partial charge in [-0.1, -0.05) is 6.92 Å². The molecule has 0 aliphatic carbocycles. The van der Waals surface area contributed by atoms with Crippen LogP contribution in [0.2, 0.25) is 0 Å². The first-order valence-corrected chi connectivity index (χ1v) is 6.86. The fourth-order valence-electron chi connectivity index (χ4n) is 2.11. The highest BCUT2D eigenvalue weighted by Crippen LogP contribution is 2.24. The van der Waals surface area contributed by atoms with Crippen LogP contribution in [0.25, 0.3) is 0 Å². The van der Waals surface area contributed by atoms with E-state index in [1.54, 1.807) is 0 Å². The quantitative estimate of drug-likeness (QED) is 0.744. The van der Waals surface area contributed by atoms with E-state index in [0.717, 1.165) is 6.42 Å². The van der Waals surface area contributed by atoms with Crippen molar-refractivity contribution in [2.24, 2.45) is 5.92 Å². The fraction of sp³-hybridized carbons (Fsp3) is 0.889. The molecule has 0 radical (unpaired) electrons. The van der Waals surface area contributed by atoms with Crippen LogP contribution in [0, 0.1) is 5.92 Å². The van der Waals surface area contributed by atoms with Crippen molar-refractivity contribution in [3.05, 3.63) is 0 Å². The Hall–Kier alpha value is -0.580. The van der Waals surface area contributed by atoms with Crippen LogP contribution in [0.4, 0.5) is 0 Å². The van der Waals surface area contributed by atoms with Gasteiger partial charge in [-0.15, -0.1) is 0 Å². The molecule has 2 atom stereocenters. The summed E-state index contributed by atoms with van der Waals surface area (Å²) in [5.74, 6) is -0.0212. The van der Waals surface area contributed by atoms with Crippen LogP contribution >= 0.6 is 0 Å². The molecule has 14 heavy (non-hydrogen) atoms. The summed E-state index contributed by atoms with van der Waals surface area (Å²) in [6.07, 6.45) is 2.98. The van der Waals surface area contributed by atoms with Crippen LogP contribution < -0.4 is 5.32 Å². The SMILES string of the molecule is CCC(C1CCNC(=O)C1)S(C)(=O)=O. The highest BCUT2D eigenvalue weighted by Gasteiger charge is 2.32. The zero-order valence-corrected chi connectivity index (χ0v) is 9.43. The highest BCUT2D eigenvalue weighted by molar-refractivity contribution is 7.91. The molecule has 1 heterocycles. The van der Waals surface area contributed by atoms with Gasteiger partial charge in [-0.05, 0) is 18.8 Å². The minimum atomic E-state index is -3.02. The average molecular weight is 219 g/mol. The molecule has 0 aromatic heterocycles. The first kappa shape index (κ1) is 11.5. The van der Waals surface area contributed by atoms with Gasteiger partial charge in [0.15, 0.2) is 9.84 Å². The second-order valence-corrected chi connectivity index (χ2v) is 6.14. The van der Waals surface area contributed by atoms with Gasteiger partial charge in [0, 0.05) is 19.2 Å². The second kappa shape index (κ2) is 4.29. The number of nitrogens with one attached hydrogen (secondary N) is 1. The van der Waals surface area contributed by atoms with Gasteiger partial charge >= 0.3 is 0 Å². The first-order valence-electron chi connectivity index (χ1n) is 4.90. The molecular weight excluding hydrogens is 202 g/mol. The van der Waals surface area contributed by atoms with E-state index in [1.807, 2.05) is 6.92 Å². The van der Waals surface area contributed by atoms with Crippen molar-refractivity contribution in [2.45, 2.75) is 31.4 Å². The van der Waals surface area contributed by atoms with Crippen molar-refractivity contribution in [3.63, 3.8) is 0 Å². The molecule has 1 aliphatic heterocycles. The number of carbonyl (C=O) groups is 1. The average Bonchev–Trinajstić information content (AvgIpc) is 2.02. The summed E-state index contributed by atoms with van der Waals surface area (Å²) in [4.78, 5) is 11.1. The van der Waals surface area contributed by atoms with E-state index in [2.05, 4.69) is 5.32 Å². The third-order valence-corrected chi connectivity index (χ3v) is 4.58. The fourth-order valence-corrected chi connectivity index (χ4v) is 3.65. The van der Waals surface area contributed by atoms with E-state index in [-0.39, 0.29) is 17.1 Å². The lowest BCUT2D eigenvalue weighted by Crippen LogP contribution is -2.40. The van der Waals surface area contributed by atoms with Gasteiger partial charge < -0.3 is 5.32 Å². The van der Waals surface area contributed by atoms with E-state index < -0.39 is 9.84 Å². The van der Waals surface area contributed by atoms with Crippen molar-refractivity contribution in [2.75, 3.05) is 12.8 Å². The molecular formula is C9H17NO3S. The molecule has 1 amide bonds. The van der Waals surface area contributed by atoms with Gasteiger partial charge in [0.1, 0.15) is 0 Å². The summed E-state index contributed by atoms with van der Waals surface area (Å²) in [7, 11) is -3.02. The molecule has 1 rings (SSSR count). The smallest absolute Gasteiger partial charge is 0.220 e. The first-order chi connectivity index (χ1) is 6.45. The Morgan fingerprint density at radius 3 is 2.64 bits per heavy atom. The predicted molar refractivity (Wildman–Crippen MR) is 54.7 cm³/mol. The molecule has 1 saturated heterocycles. The zero-order chi connectivity index (χ0) is 10.8. The van der Waals surface area contributed by atoms with Crippen molar-refractivity contribution < 1.29 is 13.2 Å². The standard InChI is InChI=1S/C9H17NO3S/c1-3-8(14(2,12)13)7-4-5-10-9(11)6-7/h7-8H,3-6H2,1-2H3,(H,10,11). The Balaban J connectivity index is 2.74. The van der Waals surface area contributed by atoms with Crippen LogP contribution in [0.3, 0.4) is 0 Å². The van der Waals surface area contributed by atoms with Crippen molar-refractivity contribution in [3.8, 4) is 0 Å². The number of carbonyl (C=O) groups excluding carboxylic acids is 1. The van der Waals surface area contributed by atoms with Crippen LogP contribution in [0.5, 0.6) is 0 Å². The van der Waals surface area contributed by atoms with Crippen LogP contribution in [0.15, 0.2) is 0 Å². The Bertz CT molecular complexity index is 310. The maximum absolute atomic E-state index is 11.4. The molecule has 0 aromatic rings. The number of sulfone groups is 1. The molecule has 1 aliphatic rings. The minimum absolute atomic E-state index is 0.00347. The normalized spacial score (nSPS) is 25.6. The van der Waals surface area contributed by atoms with Crippen LogP contribution in [-0.2, 0) is 14.6 Å². The van der Waals surface area contributed by atoms with Crippen molar-refractivity contribution in [1.29, 1.82) is 0 Å². The Kier molecular flexibility index (Phi) is 3.53. The van der Waals surface area contributed by atoms with Crippen molar-refractivity contribution >= 4 is 15.7 Å². The third-order valence-electron chi connectivity index (χ3n) is 2.76. The van der Waals surface area contributed by atoms with Gasteiger partial charge in [-0.2, -0.15) is 0 Å². The van der Waals surface area contributed by atoms with E-state index in [1.165, 1.54) is 6.26 Å². The topological polar surface area (TPSA) is 63.2 Å². The molecule has 1 fully saturated rings. The van der Waals surface area contributed by atoms with Gasteiger partial charge in [0.05, 0.1) is 5.25 Å². The minimum Gasteiger partial charge on any atom is -0.356 e. The molecule has 1 N–H and O–H groups in total. The molecule has 0 saturated carbocycles. The summed E-state index contributed by atoms with van der Waals surface area (Å²) in [5, 5.41) is 2.36. The third kappa shape index (κ3) is 2.70. The van der Waals surface area contributed by atoms with Gasteiger partial charge in [0.2, 0.25) is 5.91 Å². The molecule has 4 nitrogen and oxygen atoms in total. The number of hydrogen-bond donors (Lipinski definition) is 1. The molecule has 0 aromatic carbocycles. The molecule has 2 unspecified atom stereocenters. The predicted octanol–water partition coefficient (Wildman–Crippen LogP) is 0.336. The highest BCUT2D eigenvalue weighted by atomic mass is 32.2. The largest absolute Gasteiger partial charge is 0.356 e. The molecule has 0 bridgehead atoms. The Morgan fingerprint density at radius 2 is 2.21 bits per heavy atom. The molecule has 82 valence electrons. The van der Waals surface area contributed by atoms with E-state index in [0.29, 0.717) is 19.4 Å². The Labute approximate surface area is 85.0 Å². The van der Waals surface area contributed by atoms with Crippen LogP contribution in [-0.4, -0.2) is 32.4 Å². The van der Waals surface area contributed by atoms with E-state index in [4.69, 9.17) is 0 Å². The summed E-state index contributed by atoms with van der Waals surface area (Å²) in [6.45, 7) is 2.47. The molecule has 5 heteroatoms. The lowest BCUT2D eigenvalue weighted by atomic mass is 9.92. The summed E-state index contributed by atoms with van der Waals surface area (Å²) in [6, 6.07) is 0. The Morgan fingerprint density at radius 1 is 1.57 bits per heavy atom. The number of rotatable bonds is 3. The zero-order valence-electron chi connectivity index (χ0n) is 8.62. The lowest BCUT2D eigenvalue weighted by Gasteiger charge is -2.28. The second-order valence-electron chi connectivity index (χ2n) is 3.88. The lowest BCUT2D eigenvalue weighted by molar-refractivity contribution is -0.123. The number of piperidine rings is 1. The monoisotopic (exact) mass is 219 g/mol. The van der Waals surface area contributed by atoms with Gasteiger partial charge in [-0.3, -0.25) is 4.79 Å². The number of hydrogen-bond acceptors (Lipinski definition) is 3. The summed E-state index contributed by atoms with van der Waals surface area (Å²) >= 11 is 0. The van der Waals surface area contributed by atoms with E-state index >= 15 is 0 Å². The molecule has 0 spiro atoms. The van der Waals surface area contributed by atoms with Crippen LogP contribution in [0.1, 0.15) is 26.2 Å². The maximum atomic E-state index is 11.4. The van der Waals surface area contributed by atoms with Gasteiger partial charge in [-0.25, -0.2) is 8.42 Å². The van der Waals surface area contributed by atoms with E-state index in [9.17, 15) is 13.2 Å². The van der Waals surface area contributed by atoms with Gasteiger partial charge in [0.25, 0.3) is 0 Å². The summed E-state index contributed by atoms with van der Waals surface area (Å²) < 4.78 is 22.9. The maximum Gasteiger partial charge on any atom is 0.220 e. The number of amides is 1.